The van der Waals surface area contributed by atoms with Gasteiger partial charge in [-0.2, -0.15) is 0 Å². The minimum absolute atomic E-state index is 0.370. The SMILES string of the molecule is C=C1C[C@@H](C)[C@@H]2[C@H](Cl)[C@@H]2N1. The standard InChI is InChI=1S/C8H12ClN/c1-4-3-5(2)10-8-6(4)7(8)9/h4,6-8,10H,2-3H2,1H3/t4-,6-,7+,8-/m1/s1. The third-order valence-electron chi connectivity index (χ3n) is 2.58. The number of alkyl halides is 1. The third kappa shape index (κ3) is 0.766. The van der Waals surface area contributed by atoms with Gasteiger partial charge in [0.25, 0.3) is 0 Å². The van der Waals surface area contributed by atoms with E-state index in [1.54, 1.807) is 0 Å². The lowest BCUT2D eigenvalue weighted by molar-refractivity contribution is 0.428. The molecular formula is C8H12ClN. The van der Waals surface area contributed by atoms with E-state index in [1.807, 2.05) is 0 Å². The molecule has 2 aliphatic rings. The smallest absolute Gasteiger partial charge is 0.0591 e. The number of hydrogen-bond acceptors (Lipinski definition) is 1. The monoisotopic (exact) mass is 157 g/mol. The average Bonchev–Trinajstić information content (AvgIpc) is 2.42. The molecule has 0 amide bonds. The molecule has 1 heterocycles. The Bertz CT molecular complexity index is 168. The number of rotatable bonds is 0. The molecule has 1 nitrogen and oxygen atoms in total. The fourth-order valence-corrected chi connectivity index (χ4v) is 2.51. The van der Waals surface area contributed by atoms with E-state index in [9.17, 15) is 0 Å². The summed E-state index contributed by atoms with van der Waals surface area (Å²) >= 11 is 6.01. The molecule has 0 bridgehead atoms. The Morgan fingerprint density at radius 1 is 1.70 bits per heavy atom. The van der Waals surface area contributed by atoms with Gasteiger partial charge in [-0.05, 0) is 12.3 Å². The maximum Gasteiger partial charge on any atom is 0.0591 e. The normalized spacial score (nSPS) is 51.6. The van der Waals surface area contributed by atoms with Gasteiger partial charge in [0.1, 0.15) is 0 Å². The van der Waals surface area contributed by atoms with Crippen molar-refractivity contribution in [2.45, 2.75) is 24.8 Å². The van der Waals surface area contributed by atoms with Gasteiger partial charge in [-0.15, -0.1) is 11.6 Å². The second-order valence-electron chi connectivity index (χ2n) is 3.48. The van der Waals surface area contributed by atoms with Crippen molar-refractivity contribution in [3.05, 3.63) is 12.3 Å². The molecule has 0 spiro atoms. The number of nitrogens with one attached hydrogen (secondary N) is 1. The van der Waals surface area contributed by atoms with Crippen LogP contribution in [0.25, 0.3) is 0 Å². The van der Waals surface area contributed by atoms with Crippen LogP contribution in [0, 0.1) is 11.8 Å². The Balaban J connectivity index is 2.09. The van der Waals surface area contributed by atoms with Gasteiger partial charge in [0.05, 0.1) is 5.38 Å². The highest BCUT2D eigenvalue weighted by atomic mass is 35.5. The summed E-state index contributed by atoms with van der Waals surface area (Å²) in [5.41, 5.74) is 1.16. The molecule has 2 fully saturated rings. The van der Waals surface area contributed by atoms with Crippen LogP contribution in [-0.2, 0) is 0 Å². The molecule has 1 saturated carbocycles. The van der Waals surface area contributed by atoms with E-state index >= 15 is 0 Å². The van der Waals surface area contributed by atoms with Gasteiger partial charge in [-0.1, -0.05) is 13.5 Å². The molecular weight excluding hydrogens is 146 g/mol. The maximum atomic E-state index is 6.01. The molecule has 1 aliphatic carbocycles. The first-order valence-corrected chi connectivity index (χ1v) is 4.22. The highest BCUT2D eigenvalue weighted by Crippen LogP contribution is 2.47. The van der Waals surface area contributed by atoms with Gasteiger partial charge in [0, 0.05) is 17.7 Å². The zero-order valence-electron chi connectivity index (χ0n) is 6.10. The first-order chi connectivity index (χ1) is 4.70. The number of hydrogen-bond donors (Lipinski definition) is 1. The molecule has 4 atom stereocenters. The Kier molecular flexibility index (Phi) is 1.25. The van der Waals surface area contributed by atoms with E-state index < -0.39 is 0 Å². The van der Waals surface area contributed by atoms with E-state index in [4.69, 9.17) is 11.6 Å². The molecule has 56 valence electrons. The highest BCUT2D eigenvalue weighted by molar-refractivity contribution is 6.23. The van der Waals surface area contributed by atoms with E-state index in [1.165, 1.54) is 0 Å². The van der Waals surface area contributed by atoms with Gasteiger partial charge in [0.2, 0.25) is 0 Å². The predicted octanol–water partition coefficient (Wildman–Crippen LogP) is 1.74. The van der Waals surface area contributed by atoms with Crippen molar-refractivity contribution in [2.75, 3.05) is 0 Å². The molecule has 2 rings (SSSR count). The molecule has 1 saturated heterocycles. The summed E-state index contributed by atoms with van der Waals surface area (Å²) in [6, 6.07) is 0.540. The van der Waals surface area contributed by atoms with E-state index in [2.05, 4.69) is 18.8 Å². The van der Waals surface area contributed by atoms with Crippen LogP contribution in [0.4, 0.5) is 0 Å². The maximum absolute atomic E-state index is 6.01. The Hall–Kier alpha value is -0.170. The molecule has 0 unspecified atom stereocenters. The first-order valence-electron chi connectivity index (χ1n) is 3.78. The average molecular weight is 158 g/mol. The van der Waals surface area contributed by atoms with Crippen LogP contribution >= 0.6 is 11.6 Å². The molecule has 1 aliphatic heterocycles. The molecule has 2 heteroatoms. The third-order valence-corrected chi connectivity index (χ3v) is 3.14. The summed E-state index contributed by atoms with van der Waals surface area (Å²) in [5, 5.41) is 3.68. The lowest BCUT2D eigenvalue weighted by Crippen LogP contribution is -2.25. The largest absolute Gasteiger partial charge is 0.384 e. The van der Waals surface area contributed by atoms with Gasteiger partial charge in [-0.25, -0.2) is 0 Å². The van der Waals surface area contributed by atoms with Gasteiger partial charge in [0.15, 0.2) is 0 Å². The zero-order chi connectivity index (χ0) is 7.30. The lowest BCUT2D eigenvalue weighted by Gasteiger charge is -2.20. The molecule has 1 N–H and O–H groups in total. The predicted molar refractivity (Wildman–Crippen MR) is 43.0 cm³/mol. The second kappa shape index (κ2) is 1.91. The topological polar surface area (TPSA) is 12.0 Å². The van der Waals surface area contributed by atoms with Crippen LogP contribution in [-0.4, -0.2) is 11.4 Å². The Morgan fingerprint density at radius 2 is 2.40 bits per heavy atom. The van der Waals surface area contributed by atoms with Gasteiger partial charge < -0.3 is 5.32 Å². The van der Waals surface area contributed by atoms with Crippen molar-refractivity contribution in [1.82, 2.24) is 5.32 Å². The van der Waals surface area contributed by atoms with Gasteiger partial charge >= 0.3 is 0 Å². The zero-order valence-corrected chi connectivity index (χ0v) is 6.86. The van der Waals surface area contributed by atoms with Crippen LogP contribution in [0.5, 0.6) is 0 Å². The fourth-order valence-electron chi connectivity index (χ4n) is 1.96. The van der Waals surface area contributed by atoms with Crippen molar-refractivity contribution in [1.29, 1.82) is 0 Å². The first kappa shape index (κ1) is 6.53. The van der Waals surface area contributed by atoms with Crippen LogP contribution < -0.4 is 5.32 Å². The number of piperidine rings is 1. The molecule has 10 heavy (non-hydrogen) atoms. The highest BCUT2D eigenvalue weighted by Gasteiger charge is 2.54. The Labute approximate surface area is 66.4 Å². The minimum Gasteiger partial charge on any atom is -0.384 e. The van der Waals surface area contributed by atoms with Gasteiger partial charge in [-0.3, -0.25) is 0 Å². The van der Waals surface area contributed by atoms with E-state index in [-0.39, 0.29) is 0 Å². The van der Waals surface area contributed by atoms with Crippen LogP contribution in [0.3, 0.4) is 0 Å². The van der Waals surface area contributed by atoms with E-state index in [0.29, 0.717) is 17.3 Å². The van der Waals surface area contributed by atoms with Crippen molar-refractivity contribution < 1.29 is 0 Å². The summed E-state index contributed by atoms with van der Waals surface area (Å²) < 4.78 is 0. The van der Waals surface area contributed by atoms with E-state index in [0.717, 1.165) is 18.0 Å². The quantitative estimate of drug-likeness (QED) is 0.529. The van der Waals surface area contributed by atoms with Crippen molar-refractivity contribution >= 4 is 11.6 Å². The van der Waals surface area contributed by atoms with Crippen LogP contribution in [0.15, 0.2) is 12.3 Å². The summed E-state index contributed by atoms with van der Waals surface area (Å²) in [6.07, 6.45) is 1.10. The summed E-state index contributed by atoms with van der Waals surface area (Å²) in [7, 11) is 0. The van der Waals surface area contributed by atoms with Crippen LogP contribution in [0.1, 0.15) is 13.3 Å². The molecule has 0 aromatic heterocycles. The summed E-state index contributed by atoms with van der Waals surface area (Å²) in [5.74, 6) is 1.45. The van der Waals surface area contributed by atoms with Crippen molar-refractivity contribution in [3.63, 3.8) is 0 Å². The number of fused-ring (bicyclic) bond motifs is 1. The minimum atomic E-state index is 0.370. The number of halogens is 1. The lowest BCUT2D eigenvalue weighted by atomic mass is 9.97. The molecule has 0 aromatic carbocycles. The molecule has 0 radical (unpaired) electrons. The fraction of sp³-hybridized carbons (Fsp3) is 0.750. The summed E-state index contributed by atoms with van der Waals surface area (Å²) in [4.78, 5) is 0. The molecule has 0 aromatic rings. The summed E-state index contributed by atoms with van der Waals surface area (Å²) in [6.45, 7) is 6.16. The van der Waals surface area contributed by atoms with Crippen molar-refractivity contribution in [3.8, 4) is 0 Å². The second-order valence-corrected chi connectivity index (χ2v) is 3.98. The van der Waals surface area contributed by atoms with Crippen molar-refractivity contribution in [2.24, 2.45) is 11.8 Å². The Morgan fingerprint density at radius 3 is 3.00 bits per heavy atom. The number of allylic oxidation sites excluding steroid dienone is 1. The van der Waals surface area contributed by atoms with Crippen LogP contribution in [0.2, 0.25) is 0 Å².